The predicted molar refractivity (Wildman–Crippen MR) is 89.9 cm³/mol. The van der Waals surface area contributed by atoms with E-state index in [1.165, 1.54) is 32.5 Å². The highest BCUT2D eigenvalue weighted by atomic mass is 16.2. The van der Waals surface area contributed by atoms with Gasteiger partial charge in [0.05, 0.1) is 0 Å². The fourth-order valence-corrected chi connectivity index (χ4v) is 3.69. The van der Waals surface area contributed by atoms with Crippen LogP contribution in [0.1, 0.15) is 41.6 Å². The van der Waals surface area contributed by atoms with Crippen LogP contribution in [0, 0.1) is 12.8 Å². The number of hydrogen-bond donors (Lipinski definition) is 1. The molecule has 3 rings (SSSR count). The molecule has 0 bridgehead atoms. The maximum Gasteiger partial charge on any atom is 0.254 e. The summed E-state index contributed by atoms with van der Waals surface area (Å²) in [5.74, 6) is 0.897. The van der Waals surface area contributed by atoms with Crippen molar-refractivity contribution in [3.05, 3.63) is 29.3 Å². The summed E-state index contributed by atoms with van der Waals surface area (Å²) in [5.41, 5.74) is 8.27. The Balaban J connectivity index is 1.56. The average Bonchev–Trinajstić information content (AvgIpc) is 3.03. The summed E-state index contributed by atoms with van der Waals surface area (Å²) in [6.07, 6.45) is 4.96. The molecule has 0 saturated carbocycles. The van der Waals surface area contributed by atoms with Crippen LogP contribution in [0.5, 0.6) is 0 Å². The number of nitrogen functional groups attached to an aromatic ring is 1. The number of hydrogen-bond acceptors (Lipinski definition) is 3. The number of carbonyl (C=O) groups excluding carboxylic acids is 1. The lowest BCUT2D eigenvalue weighted by Gasteiger charge is -2.34. The number of carbonyl (C=O) groups is 1. The van der Waals surface area contributed by atoms with Crippen LogP contribution >= 0.6 is 0 Å². The van der Waals surface area contributed by atoms with E-state index in [0.717, 1.165) is 43.0 Å². The maximum atomic E-state index is 12.7. The molecule has 0 radical (unpaired) electrons. The number of likely N-dealkylation sites (tertiary alicyclic amines) is 2. The van der Waals surface area contributed by atoms with Gasteiger partial charge in [-0.1, -0.05) is 6.07 Å². The minimum Gasteiger partial charge on any atom is -0.399 e. The van der Waals surface area contributed by atoms with Crippen molar-refractivity contribution in [3.8, 4) is 0 Å². The van der Waals surface area contributed by atoms with Gasteiger partial charge in [-0.2, -0.15) is 0 Å². The molecular weight excluding hydrogens is 274 g/mol. The Hall–Kier alpha value is -1.55. The number of nitrogens with zero attached hydrogens (tertiary/aromatic N) is 2. The largest absolute Gasteiger partial charge is 0.399 e. The second kappa shape index (κ2) is 6.69. The molecule has 2 heterocycles. The Morgan fingerprint density at radius 1 is 1.18 bits per heavy atom. The maximum absolute atomic E-state index is 12.7. The van der Waals surface area contributed by atoms with Gasteiger partial charge in [0.25, 0.3) is 5.91 Å². The van der Waals surface area contributed by atoms with Gasteiger partial charge in [0, 0.05) is 30.9 Å². The van der Waals surface area contributed by atoms with Gasteiger partial charge in [-0.25, -0.2) is 0 Å². The van der Waals surface area contributed by atoms with Crippen LogP contribution in [0.25, 0.3) is 0 Å². The van der Waals surface area contributed by atoms with Gasteiger partial charge in [-0.15, -0.1) is 0 Å². The summed E-state index contributed by atoms with van der Waals surface area (Å²) in [5, 5.41) is 0. The topological polar surface area (TPSA) is 49.6 Å². The van der Waals surface area contributed by atoms with E-state index in [4.69, 9.17) is 5.73 Å². The quantitative estimate of drug-likeness (QED) is 0.873. The van der Waals surface area contributed by atoms with E-state index in [9.17, 15) is 4.79 Å². The van der Waals surface area contributed by atoms with E-state index >= 15 is 0 Å². The predicted octanol–water partition coefficient (Wildman–Crippen LogP) is 2.53. The van der Waals surface area contributed by atoms with Crippen LogP contribution in [0.3, 0.4) is 0 Å². The van der Waals surface area contributed by atoms with Crippen molar-refractivity contribution in [2.45, 2.75) is 32.6 Å². The number of amides is 1. The first-order valence-electron chi connectivity index (χ1n) is 8.51. The molecule has 0 atom stereocenters. The molecule has 0 unspecified atom stereocenters. The van der Waals surface area contributed by atoms with Crippen molar-refractivity contribution < 1.29 is 4.79 Å². The van der Waals surface area contributed by atoms with Crippen molar-refractivity contribution >= 4 is 11.6 Å². The second-order valence-electron chi connectivity index (χ2n) is 6.82. The molecular formula is C18H27N3O. The molecule has 0 aliphatic carbocycles. The van der Waals surface area contributed by atoms with Gasteiger partial charge in [0.2, 0.25) is 0 Å². The highest BCUT2D eigenvalue weighted by Crippen LogP contribution is 2.23. The van der Waals surface area contributed by atoms with Crippen LogP contribution in [0.4, 0.5) is 5.69 Å². The number of nitrogens with two attached hydrogens (primary N) is 1. The number of piperidine rings is 1. The summed E-state index contributed by atoms with van der Waals surface area (Å²) in [6.45, 7) is 7.49. The van der Waals surface area contributed by atoms with E-state index in [0.29, 0.717) is 5.69 Å². The lowest BCUT2D eigenvalue weighted by atomic mass is 9.95. The summed E-state index contributed by atoms with van der Waals surface area (Å²) in [6, 6.07) is 5.60. The molecule has 4 nitrogen and oxygen atoms in total. The third-order valence-electron chi connectivity index (χ3n) is 5.11. The molecule has 2 fully saturated rings. The smallest absolute Gasteiger partial charge is 0.254 e. The fourth-order valence-electron chi connectivity index (χ4n) is 3.69. The van der Waals surface area contributed by atoms with Crippen molar-refractivity contribution in [1.29, 1.82) is 0 Å². The fraction of sp³-hybridized carbons (Fsp3) is 0.611. The molecule has 1 aromatic rings. The molecule has 2 N–H and O–H groups in total. The second-order valence-corrected chi connectivity index (χ2v) is 6.82. The number of aryl methyl sites for hydroxylation is 1. The SMILES string of the molecule is Cc1ccc(N)cc1C(=O)N1CCC(CN2CCCC2)CC1. The first-order chi connectivity index (χ1) is 10.6. The van der Waals surface area contributed by atoms with Gasteiger partial charge < -0.3 is 15.5 Å². The molecule has 1 amide bonds. The summed E-state index contributed by atoms with van der Waals surface area (Å²) < 4.78 is 0. The van der Waals surface area contributed by atoms with E-state index < -0.39 is 0 Å². The Kier molecular flexibility index (Phi) is 4.67. The minimum absolute atomic E-state index is 0.143. The molecule has 2 aliphatic heterocycles. The zero-order valence-corrected chi connectivity index (χ0v) is 13.6. The lowest BCUT2D eigenvalue weighted by Crippen LogP contribution is -2.41. The Labute approximate surface area is 133 Å². The van der Waals surface area contributed by atoms with Crippen LogP contribution in [0.15, 0.2) is 18.2 Å². The zero-order valence-electron chi connectivity index (χ0n) is 13.6. The molecule has 2 aliphatic rings. The summed E-state index contributed by atoms with van der Waals surface area (Å²) >= 11 is 0. The zero-order chi connectivity index (χ0) is 15.5. The van der Waals surface area contributed by atoms with E-state index in [1.807, 2.05) is 30.0 Å². The van der Waals surface area contributed by atoms with Crippen molar-refractivity contribution in [1.82, 2.24) is 9.80 Å². The van der Waals surface area contributed by atoms with Crippen LogP contribution in [-0.2, 0) is 0 Å². The van der Waals surface area contributed by atoms with E-state index in [2.05, 4.69) is 4.90 Å². The third-order valence-corrected chi connectivity index (χ3v) is 5.11. The van der Waals surface area contributed by atoms with Gasteiger partial charge in [-0.05, 0) is 69.3 Å². The molecule has 4 heteroatoms. The van der Waals surface area contributed by atoms with Gasteiger partial charge in [-0.3, -0.25) is 4.79 Å². The number of benzene rings is 1. The first kappa shape index (κ1) is 15.3. The van der Waals surface area contributed by atoms with E-state index in [1.54, 1.807) is 0 Å². The molecule has 120 valence electrons. The molecule has 1 aromatic carbocycles. The number of anilines is 1. The first-order valence-corrected chi connectivity index (χ1v) is 8.51. The normalized spacial score (nSPS) is 20.5. The Morgan fingerprint density at radius 2 is 1.86 bits per heavy atom. The van der Waals surface area contributed by atoms with Gasteiger partial charge >= 0.3 is 0 Å². The van der Waals surface area contributed by atoms with Gasteiger partial charge in [0.15, 0.2) is 0 Å². The van der Waals surface area contributed by atoms with E-state index in [-0.39, 0.29) is 5.91 Å². The van der Waals surface area contributed by atoms with Crippen molar-refractivity contribution in [3.63, 3.8) is 0 Å². The number of rotatable bonds is 3. The molecule has 0 spiro atoms. The standard InChI is InChI=1S/C18H27N3O/c1-14-4-5-16(19)12-17(14)18(22)21-10-6-15(7-11-21)13-20-8-2-3-9-20/h4-5,12,15H,2-3,6-11,13,19H2,1H3. The third kappa shape index (κ3) is 3.43. The molecule has 0 aromatic heterocycles. The highest BCUT2D eigenvalue weighted by Gasteiger charge is 2.26. The van der Waals surface area contributed by atoms with Crippen molar-refractivity contribution in [2.24, 2.45) is 5.92 Å². The highest BCUT2D eigenvalue weighted by molar-refractivity contribution is 5.96. The van der Waals surface area contributed by atoms with Gasteiger partial charge in [0.1, 0.15) is 0 Å². The van der Waals surface area contributed by atoms with Crippen LogP contribution in [-0.4, -0.2) is 48.4 Å². The molecule has 2 saturated heterocycles. The monoisotopic (exact) mass is 301 g/mol. The Bertz CT molecular complexity index is 529. The lowest BCUT2D eigenvalue weighted by molar-refractivity contribution is 0.0672. The van der Waals surface area contributed by atoms with Crippen LogP contribution in [0.2, 0.25) is 0 Å². The summed E-state index contributed by atoms with van der Waals surface area (Å²) in [7, 11) is 0. The molecule has 22 heavy (non-hydrogen) atoms. The summed E-state index contributed by atoms with van der Waals surface area (Å²) in [4.78, 5) is 17.3. The van der Waals surface area contributed by atoms with Crippen molar-refractivity contribution in [2.75, 3.05) is 38.5 Å². The van der Waals surface area contributed by atoms with Crippen LogP contribution < -0.4 is 5.73 Å². The average molecular weight is 301 g/mol. The Morgan fingerprint density at radius 3 is 2.55 bits per heavy atom. The minimum atomic E-state index is 0.143.